The molecule has 1 unspecified atom stereocenters. The predicted octanol–water partition coefficient (Wildman–Crippen LogP) is 3.26. The highest BCUT2D eigenvalue weighted by atomic mass is 32.1. The first-order valence-corrected chi connectivity index (χ1v) is 8.19. The maximum atomic E-state index is 12.4. The molecule has 1 aromatic carbocycles. The van der Waals surface area contributed by atoms with Gasteiger partial charge in [0.05, 0.1) is 24.0 Å². The van der Waals surface area contributed by atoms with E-state index in [2.05, 4.69) is 5.32 Å². The van der Waals surface area contributed by atoms with Gasteiger partial charge in [0.1, 0.15) is 0 Å². The van der Waals surface area contributed by atoms with Gasteiger partial charge in [-0.1, -0.05) is 12.1 Å². The largest absolute Gasteiger partial charge is 0.481 e. The zero-order chi connectivity index (χ0) is 16.4. The summed E-state index contributed by atoms with van der Waals surface area (Å²) in [6, 6.07) is 8.82. The van der Waals surface area contributed by atoms with E-state index >= 15 is 0 Å². The summed E-state index contributed by atoms with van der Waals surface area (Å²) in [5.41, 5.74) is 2.34. The number of benzene rings is 1. The van der Waals surface area contributed by atoms with Gasteiger partial charge in [-0.25, -0.2) is 0 Å². The van der Waals surface area contributed by atoms with Crippen molar-refractivity contribution in [3.63, 3.8) is 0 Å². The molecule has 1 amide bonds. The smallest absolute Gasteiger partial charge is 0.310 e. The quantitative estimate of drug-likeness (QED) is 0.901. The Balaban J connectivity index is 1.76. The topological polar surface area (TPSA) is 75.6 Å². The molecule has 2 aromatic rings. The third-order valence-electron chi connectivity index (χ3n) is 3.87. The Morgan fingerprint density at radius 2 is 2.17 bits per heavy atom. The summed E-state index contributed by atoms with van der Waals surface area (Å²) < 4.78 is 5.39. The van der Waals surface area contributed by atoms with Crippen LogP contribution in [0.2, 0.25) is 0 Å². The summed E-state index contributed by atoms with van der Waals surface area (Å²) in [5, 5.41) is 11.9. The first-order chi connectivity index (χ1) is 11.0. The number of nitrogens with one attached hydrogen (secondary N) is 1. The van der Waals surface area contributed by atoms with Crippen molar-refractivity contribution in [1.29, 1.82) is 0 Å². The summed E-state index contributed by atoms with van der Waals surface area (Å²) in [4.78, 5) is 25.3. The zero-order valence-electron chi connectivity index (χ0n) is 12.7. The van der Waals surface area contributed by atoms with Gasteiger partial charge in [-0.05, 0) is 36.2 Å². The molecule has 0 saturated carbocycles. The van der Waals surface area contributed by atoms with Crippen LogP contribution in [-0.4, -0.2) is 23.6 Å². The SMILES string of the molecule is CC(C(=O)O)c1cccc(NC(=O)c2cc3c(s2)CCOC3)c1. The second kappa shape index (κ2) is 6.52. The number of carbonyl (C=O) groups excluding carboxylic acids is 1. The molecule has 0 fully saturated rings. The van der Waals surface area contributed by atoms with Gasteiger partial charge in [-0.2, -0.15) is 0 Å². The average molecular weight is 331 g/mol. The van der Waals surface area contributed by atoms with Crippen LogP contribution in [0.3, 0.4) is 0 Å². The van der Waals surface area contributed by atoms with Crippen molar-refractivity contribution in [3.05, 3.63) is 51.2 Å². The van der Waals surface area contributed by atoms with E-state index < -0.39 is 11.9 Å². The molecule has 1 atom stereocenters. The number of amides is 1. The van der Waals surface area contributed by atoms with Gasteiger partial charge in [0.15, 0.2) is 0 Å². The molecular formula is C17H17NO4S. The normalized spacial score (nSPS) is 14.8. The van der Waals surface area contributed by atoms with Crippen LogP contribution in [0.5, 0.6) is 0 Å². The average Bonchev–Trinajstić information content (AvgIpc) is 2.98. The molecule has 23 heavy (non-hydrogen) atoms. The number of hydrogen-bond donors (Lipinski definition) is 2. The van der Waals surface area contributed by atoms with Crippen molar-refractivity contribution >= 4 is 28.9 Å². The summed E-state index contributed by atoms with van der Waals surface area (Å²) in [6.45, 7) is 2.88. The monoisotopic (exact) mass is 331 g/mol. The Bertz CT molecular complexity index is 729. The minimum Gasteiger partial charge on any atom is -0.481 e. The Hall–Kier alpha value is -2.18. The van der Waals surface area contributed by atoms with Gasteiger partial charge in [0.25, 0.3) is 5.91 Å². The highest BCUT2D eigenvalue weighted by Gasteiger charge is 2.18. The van der Waals surface area contributed by atoms with E-state index in [1.165, 1.54) is 16.2 Å². The molecule has 0 spiro atoms. The van der Waals surface area contributed by atoms with Crippen LogP contribution in [0.1, 0.15) is 38.5 Å². The first kappa shape index (κ1) is 15.7. The van der Waals surface area contributed by atoms with Gasteiger partial charge in [0, 0.05) is 17.0 Å². The lowest BCUT2D eigenvalue weighted by atomic mass is 10.0. The number of aliphatic carboxylic acids is 1. The van der Waals surface area contributed by atoms with E-state index in [4.69, 9.17) is 9.84 Å². The Morgan fingerprint density at radius 1 is 1.35 bits per heavy atom. The van der Waals surface area contributed by atoms with Crippen LogP contribution in [-0.2, 0) is 22.6 Å². The number of ether oxygens (including phenoxy) is 1. The maximum Gasteiger partial charge on any atom is 0.310 e. The van der Waals surface area contributed by atoms with Crippen molar-refractivity contribution in [2.24, 2.45) is 0 Å². The lowest BCUT2D eigenvalue weighted by molar-refractivity contribution is -0.138. The van der Waals surface area contributed by atoms with Crippen LogP contribution in [0.15, 0.2) is 30.3 Å². The predicted molar refractivity (Wildman–Crippen MR) is 88.1 cm³/mol. The lowest BCUT2D eigenvalue weighted by Gasteiger charge is -2.10. The van der Waals surface area contributed by atoms with Crippen LogP contribution >= 0.6 is 11.3 Å². The molecule has 2 N–H and O–H groups in total. The van der Waals surface area contributed by atoms with Gasteiger partial charge in [-0.3, -0.25) is 9.59 Å². The van der Waals surface area contributed by atoms with E-state index in [9.17, 15) is 9.59 Å². The molecule has 1 aromatic heterocycles. The molecule has 0 aliphatic carbocycles. The number of thiophene rings is 1. The number of hydrogen-bond acceptors (Lipinski definition) is 4. The Morgan fingerprint density at radius 3 is 2.91 bits per heavy atom. The molecule has 0 saturated heterocycles. The minimum atomic E-state index is -0.889. The van der Waals surface area contributed by atoms with Crippen LogP contribution in [0.25, 0.3) is 0 Å². The third-order valence-corrected chi connectivity index (χ3v) is 5.10. The van der Waals surface area contributed by atoms with E-state index in [1.54, 1.807) is 31.2 Å². The molecule has 1 aliphatic heterocycles. The van der Waals surface area contributed by atoms with Gasteiger partial charge in [-0.15, -0.1) is 11.3 Å². The lowest BCUT2D eigenvalue weighted by Crippen LogP contribution is -2.12. The van der Waals surface area contributed by atoms with Crippen LogP contribution in [0, 0.1) is 0 Å². The number of carbonyl (C=O) groups is 2. The maximum absolute atomic E-state index is 12.4. The van der Waals surface area contributed by atoms with Crippen LogP contribution < -0.4 is 5.32 Å². The fraction of sp³-hybridized carbons (Fsp3) is 0.294. The molecule has 0 bridgehead atoms. The summed E-state index contributed by atoms with van der Waals surface area (Å²) in [5.74, 6) is -1.68. The Kier molecular flexibility index (Phi) is 4.45. The highest BCUT2D eigenvalue weighted by Crippen LogP contribution is 2.28. The van der Waals surface area contributed by atoms with E-state index in [0.29, 0.717) is 29.3 Å². The first-order valence-electron chi connectivity index (χ1n) is 7.38. The molecular weight excluding hydrogens is 314 g/mol. The van der Waals surface area contributed by atoms with Crippen molar-refractivity contribution in [3.8, 4) is 0 Å². The van der Waals surface area contributed by atoms with Gasteiger partial charge >= 0.3 is 5.97 Å². The molecule has 2 heterocycles. The molecule has 120 valence electrons. The summed E-state index contributed by atoms with van der Waals surface area (Å²) in [6.07, 6.45) is 0.846. The third kappa shape index (κ3) is 3.43. The van der Waals surface area contributed by atoms with Crippen molar-refractivity contribution in [2.45, 2.75) is 25.9 Å². The van der Waals surface area contributed by atoms with E-state index in [0.717, 1.165) is 12.0 Å². The van der Waals surface area contributed by atoms with Crippen molar-refractivity contribution in [1.82, 2.24) is 0 Å². The minimum absolute atomic E-state index is 0.176. The van der Waals surface area contributed by atoms with Gasteiger partial charge < -0.3 is 15.2 Å². The number of anilines is 1. The van der Waals surface area contributed by atoms with Gasteiger partial charge in [0.2, 0.25) is 0 Å². The van der Waals surface area contributed by atoms with E-state index in [-0.39, 0.29) is 5.91 Å². The van der Waals surface area contributed by atoms with Crippen molar-refractivity contribution in [2.75, 3.05) is 11.9 Å². The molecule has 5 nitrogen and oxygen atoms in total. The van der Waals surface area contributed by atoms with Crippen molar-refractivity contribution < 1.29 is 19.4 Å². The second-order valence-corrected chi connectivity index (χ2v) is 6.64. The molecule has 1 aliphatic rings. The number of fused-ring (bicyclic) bond motifs is 1. The molecule has 0 radical (unpaired) electrons. The highest BCUT2D eigenvalue weighted by molar-refractivity contribution is 7.14. The Labute approximate surface area is 137 Å². The summed E-state index contributed by atoms with van der Waals surface area (Å²) in [7, 11) is 0. The van der Waals surface area contributed by atoms with Crippen LogP contribution in [0.4, 0.5) is 5.69 Å². The number of rotatable bonds is 4. The number of carboxylic acids is 1. The zero-order valence-corrected chi connectivity index (χ0v) is 13.5. The summed E-state index contributed by atoms with van der Waals surface area (Å²) >= 11 is 1.49. The fourth-order valence-corrected chi connectivity index (χ4v) is 3.52. The standard InChI is InChI=1S/C17H17NO4S/c1-10(17(20)21)11-3-2-4-13(7-11)18-16(19)15-8-12-9-22-6-5-14(12)23-15/h2-4,7-8,10H,5-6,9H2,1H3,(H,18,19)(H,20,21). The second-order valence-electron chi connectivity index (χ2n) is 5.50. The molecule has 6 heteroatoms. The molecule has 3 rings (SSSR count). The van der Waals surface area contributed by atoms with E-state index in [1.807, 2.05) is 6.07 Å². The number of carboxylic acid groups (broad SMARTS) is 1. The fourth-order valence-electron chi connectivity index (χ4n) is 2.48.